The van der Waals surface area contributed by atoms with E-state index in [9.17, 15) is 9.59 Å². The van der Waals surface area contributed by atoms with E-state index in [0.29, 0.717) is 12.2 Å². The average Bonchev–Trinajstić information content (AvgIpc) is 2.75. The molecule has 1 aromatic carbocycles. The van der Waals surface area contributed by atoms with Crippen molar-refractivity contribution < 1.29 is 14.3 Å². The van der Waals surface area contributed by atoms with Crippen molar-refractivity contribution in [2.75, 3.05) is 30.4 Å². The molecule has 2 aromatic rings. The highest BCUT2D eigenvalue weighted by Crippen LogP contribution is 2.27. The monoisotopic (exact) mass is 414 g/mol. The van der Waals surface area contributed by atoms with Gasteiger partial charge in [-0.1, -0.05) is 0 Å². The van der Waals surface area contributed by atoms with E-state index in [1.807, 2.05) is 43.3 Å². The summed E-state index contributed by atoms with van der Waals surface area (Å²) in [4.78, 5) is 31.5. The van der Waals surface area contributed by atoms with Crippen LogP contribution in [0.2, 0.25) is 0 Å². The minimum Gasteiger partial charge on any atom is -0.497 e. The predicted octanol–water partition coefficient (Wildman–Crippen LogP) is 2.91. The summed E-state index contributed by atoms with van der Waals surface area (Å²) < 4.78 is 5.15. The van der Waals surface area contributed by atoms with Gasteiger partial charge in [-0.25, -0.2) is 4.98 Å². The number of carbonyl (C=O) groups is 2. The summed E-state index contributed by atoms with van der Waals surface area (Å²) in [5, 5.41) is 2.64. The van der Waals surface area contributed by atoms with Crippen LogP contribution >= 0.6 is 11.8 Å². The lowest BCUT2D eigenvalue weighted by molar-refractivity contribution is -0.122. The van der Waals surface area contributed by atoms with Gasteiger partial charge in [0.2, 0.25) is 11.8 Å². The average molecular weight is 415 g/mol. The normalized spacial score (nSPS) is 17.4. The second-order valence-corrected chi connectivity index (χ2v) is 8.43. The Kier molecular flexibility index (Phi) is 6.98. The maximum atomic E-state index is 12.5. The number of carbonyl (C=O) groups excluding carboxylic acids is 2. The van der Waals surface area contributed by atoms with Crippen LogP contribution in [0.1, 0.15) is 19.8 Å². The first-order valence-corrected chi connectivity index (χ1v) is 10.5. The molecule has 0 aliphatic carbocycles. The van der Waals surface area contributed by atoms with Gasteiger partial charge in [-0.3, -0.25) is 9.59 Å². The van der Waals surface area contributed by atoms with Crippen LogP contribution in [0, 0.1) is 5.92 Å². The number of amides is 2. The van der Waals surface area contributed by atoms with E-state index in [0.717, 1.165) is 35.8 Å². The van der Waals surface area contributed by atoms with Crippen molar-refractivity contribution in [2.45, 2.75) is 29.9 Å². The number of thioether (sulfide) groups is 1. The molecule has 0 radical (unpaired) electrons. The van der Waals surface area contributed by atoms with Gasteiger partial charge in [0, 0.05) is 18.0 Å². The predicted molar refractivity (Wildman–Crippen MR) is 115 cm³/mol. The molecule has 1 saturated heterocycles. The van der Waals surface area contributed by atoms with Crippen molar-refractivity contribution in [3.63, 3.8) is 0 Å². The van der Waals surface area contributed by atoms with Crippen molar-refractivity contribution in [1.29, 1.82) is 0 Å². The summed E-state index contributed by atoms with van der Waals surface area (Å²) in [6.07, 6.45) is 3.38. The molecule has 2 amide bonds. The van der Waals surface area contributed by atoms with E-state index in [1.165, 1.54) is 11.8 Å². The van der Waals surface area contributed by atoms with Crippen molar-refractivity contribution in [1.82, 2.24) is 4.98 Å². The number of nitrogens with two attached hydrogens (primary N) is 1. The molecule has 29 heavy (non-hydrogen) atoms. The Bertz CT molecular complexity index is 842. The first-order chi connectivity index (χ1) is 14.0. The third kappa shape index (κ3) is 5.63. The quantitative estimate of drug-likeness (QED) is 0.676. The third-order valence-electron chi connectivity index (χ3n) is 4.90. The summed E-state index contributed by atoms with van der Waals surface area (Å²) in [6, 6.07) is 11.3. The molecule has 1 aromatic heterocycles. The molecular formula is C21H26N4O3S. The van der Waals surface area contributed by atoms with E-state index < -0.39 is 0 Å². The molecule has 3 rings (SSSR count). The van der Waals surface area contributed by atoms with Gasteiger partial charge in [-0.2, -0.15) is 0 Å². The number of benzene rings is 1. The fraction of sp³-hybridized carbons (Fsp3) is 0.381. The molecule has 0 spiro atoms. The van der Waals surface area contributed by atoms with E-state index >= 15 is 0 Å². The van der Waals surface area contributed by atoms with E-state index in [4.69, 9.17) is 10.5 Å². The Labute approximate surface area is 175 Å². The van der Waals surface area contributed by atoms with Gasteiger partial charge in [0.15, 0.2) is 0 Å². The van der Waals surface area contributed by atoms with Gasteiger partial charge in [0.05, 0.1) is 30.2 Å². The van der Waals surface area contributed by atoms with Crippen molar-refractivity contribution in [2.24, 2.45) is 11.7 Å². The van der Waals surface area contributed by atoms with Crippen LogP contribution in [0.25, 0.3) is 0 Å². The molecule has 1 aliphatic rings. The molecule has 2 heterocycles. The highest BCUT2D eigenvalue weighted by molar-refractivity contribution is 8.00. The summed E-state index contributed by atoms with van der Waals surface area (Å²) in [7, 11) is 1.62. The number of hydrogen-bond donors (Lipinski definition) is 2. The Morgan fingerprint density at radius 2 is 2.03 bits per heavy atom. The molecule has 2 atom stereocenters. The van der Waals surface area contributed by atoms with Crippen LogP contribution in [0.3, 0.4) is 0 Å². The minimum absolute atomic E-state index is 0.0906. The fourth-order valence-corrected chi connectivity index (χ4v) is 4.09. The number of nitrogens with one attached hydrogen (secondary N) is 1. The second kappa shape index (κ2) is 9.65. The van der Waals surface area contributed by atoms with Gasteiger partial charge in [-0.15, -0.1) is 11.8 Å². The maximum Gasteiger partial charge on any atom is 0.237 e. The Morgan fingerprint density at radius 3 is 2.66 bits per heavy atom. The molecular weight excluding hydrogens is 388 g/mol. The number of piperidine rings is 1. The Hall–Kier alpha value is -2.74. The molecule has 7 nitrogen and oxygen atoms in total. The molecule has 2 unspecified atom stereocenters. The van der Waals surface area contributed by atoms with E-state index in [-0.39, 0.29) is 23.0 Å². The number of methoxy groups -OCH3 is 1. The lowest BCUT2D eigenvalue weighted by atomic mass is 9.97. The highest BCUT2D eigenvalue weighted by atomic mass is 32.2. The third-order valence-corrected chi connectivity index (χ3v) is 6.02. The van der Waals surface area contributed by atoms with Crippen molar-refractivity contribution in [3.8, 4) is 5.75 Å². The number of pyridine rings is 1. The highest BCUT2D eigenvalue weighted by Gasteiger charge is 2.24. The van der Waals surface area contributed by atoms with Crippen LogP contribution in [0.15, 0.2) is 47.5 Å². The number of hydrogen-bond acceptors (Lipinski definition) is 6. The summed E-state index contributed by atoms with van der Waals surface area (Å²) in [5.74, 6) is 1.08. The largest absolute Gasteiger partial charge is 0.497 e. The zero-order valence-corrected chi connectivity index (χ0v) is 17.4. The first-order valence-electron chi connectivity index (χ1n) is 9.58. The topological polar surface area (TPSA) is 97.5 Å². The van der Waals surface area contributed by atoms with Gasteiger partial charge in [0.1, 0.15) is 11.6 Å². The second-order valence-electron chi connectivity index (χ2n) is 7.02. The van der Waals surface area contributed by atoms with E-state index in [1.54, 1.807) is 13.3 Å². The summed E-state index contributed by atoms with van der Waals surface area (Å²) in [6.45, 7) is 3.30. The molecule has 8 heteroatoms. The van der Waals surface area contributed by atoms with Crippen LogP contribution in [-0.4, -0.2) is 42.2 Å². The maximum absolute atomic E-state index is 12.5. The first kappa shape index (κ1) is 21.0. The zero-order valence-electron chi connectivity index (χ0n) is 16.6. The van der Waals surface area contributed by atoms with Crippen LogP contribution in [0.5, 0.6) is 5.75 Å². The van der Waals surface area contributed by atoms with E-state index in [2.05, 4.69) is 15.2 Å². The molecule has 0 bridgehead atoms. The van der Waals surface area contributed by atoms with Crippen LogP contribution < -0.4 is 20.7 Å². The number of rotatable bonds is 7. The van der Waals surface area contributed by atoms with Crippen LogP contribution in [-0.2, 0) is 9.59 Å². The van der Waals surface area contributed by atoms with Crippen molar-refractivity contribution in [3.05, 3.63) is 42.6 Å². The minimum atomic E-state index is -0.263. The number of primary amides is 1. The smallest absolute Gasteiger partial charge is 0.237 e. The molecule has 3 N–H and O–H groups in total. The van der Waals surface area contributed by atoms with Gasteiger partial charge < -0.3 is 20.7 Å². The number of ether oxygens (including phenoxy) is 1. The molecule has 0 saturated carbocycles. The molecule has 154 valence electrons. The van der Waals surface area contributed by atoms with Crippen molar-refractivity contribution >= 4 is 35.1 Å². The lowest BCUT2D eigenvalue weighted by Gasteiger charge is -2.32. The zero-order chi connectivity index (χ0) is 20.8. The number of nitrogens with zero attached hydrogens (tertiary/aromatic N) is 2. The van der Waals surface area contributed by atoms with Gasteiger partial charge >= 0.3 is 0 Å². The SMILES string of the molecule is COc1ccc(SC(C)C(=O)Nc2ccc(N3CCCC(C(N)=O)C3)nc2)cc1. The Balaban J connectivity index is 1.55. The number of anilines is 2. The standard InChI is InChI=1S/C21H26N4O3S/c1-14(29-18-8-6-17(28-2)7-9-18)21(27)24-16-5-10-19(23-12-16)25-11-3-4-15(13-25)20(22)26/h5-10,12,14-15H,3-4,11,13H2,1-2H3,(H2,22,26)(H,24,27). The fourth-order valence-electron chi connectivity index (χ4n) is 3.22. The van der Waals surface area contributed by atoms with Gasteiger partial charge in [0.25, 0.3) is 0 Å². The molecule has 1 fully saturated rings. The summed E-state index contributed by atoms with van der Waals surface area (Å²) >= 11 is 1.48. The van der Waals surface area contributed by atoms with Gasteiger partial charge in [-0.05, 0) is 56.2 Å². The Morgan fingerprint density at radius 1 is 1.28 bits per heavy atom. The summed E-state index contributed by atoms with van der Waals surface area (Å²) in [5.41, 5.74) is 6.09. The number of aromatic nitrogens is 1. The lowest BCUT2D eigenvalue weighted by Crippen LogP contribution is -2.41. The molecule has 1 aliphatic heterocycles. The van der Waals surface area contributed by atoms with Crippen LogP contribution in [0.4, 0.5) is 11.5 Å².